The topological polar surface area (TPSA) is 72.0 Å². The molecule has 4 rings (SSSR count). The Labute approximate surface area is 195 Å². The molecule has 176 valence electrons. The molecule has 0 aliphatic carbocycles. The molecule has 1 aliphatic heterocycles. The lowest BCUT2D eigenvalue weighted by Crippen LogP contribution is -2.46. The summed E-state index contributed by atoms with van der Waals surface area (Å²) in [5.41, 5.74) is 3.34. The summed E-state index contributed by atoms with van der Waals surface area (Å²) in [5.74, 6) is 1.10. The first-order valence-electron chi connectivity index (χ1n) is 11.1. The maximum absolute atomic E-state index is 13.9. The summed E-state index contributed by atoms with van der Waals surface area (Å²) in [4.78, 5) is 9.55. The highest BCUT2D eigenvalue weighted by molar-refractivity contribution is 7.91. The van der Waals surface area contributed by atoms with Gasteiger partial charge < -0.3 is 19.3 Å². The predicted octanol–water partition coefficient (Wildman–Crippen LogP) is 3.84. The van der Waals surface area contributed by atoms with E-state index in [1.54, 1.807) is 32.4 Å². The highest BCUT2D eigenvalue weighted by Crippen LogP contribution is 2.41. The first-order chi connectivity index (χ1) is 15.8. The highest BCUT2D eigenvalue weighted by Gasteiger charge is 2.29. The van der Waals surface area contributed by atoms with Gasteiger partial charge in [0.1, 0.15) is 4.90 Å². The fraction of sp³-hybridized carbons (Fsp3) is 0.400. The van der Waals surface area contributed by atoms with Gasteiger partial charge in [-0.15, -0.1) is 0 Å². The van der Waals surface area contributed by atoms with Crippen molar-refractivity contribution < 1.29 is 17.9 Å². The fourth-order valence-electron chi connectivity index (χ4n) is 4.31. The molecule has 2 aromatic carbocycles. The van der Waals surface area contributed by atoms with Crippen LogP contribution in [-0.4, -0.2) is 65.2 Å². The van der Waals surface area contributed by atoms with Gasteiger partial charge in [-0.25, -0.2) is 8.42 Å². The van der Waals surface area contributed by atoms with E-state index in [-0.39, 0.29) is 9.79 Å². The smallest absolute Gasteiger partial charge is 0.210 e. The first kappa shape index (κ1) is 23.3. The first-order valence-corrected chi connectivity index (χ1v) is 12.6. The molecule has 0 saturated carbocycles. The Balaban J connectivity index is 1.96. The number of benzene rings is 2. The van der Waals surface area contributed by atoms with Gasteiger partial charge in [0.25, 0.3) is 0 Å². The lowest BCUT2D eigenvalue weighted by Gasteiger charge is -2.37. The van der Waals surface area contributed by atoms with Crippen LogP contribution in [0.25, 0.3) is 10.9 Å². The summed E-state index contributed by atoms with van der Waals surface area (Å²) in [6.45, 7) is 10.2. The number of nitrogens with zero attached hydrogens (tertiary/aromatic N) is 3. The van der Waals surface area contributed by atoms with Crippen molar-refractivity contribution in [3.8, 4) is 11.5 Å². The van der Waals surface area contributed by atoms with E-state index in [1.165, 1.54) is 6.20 Å². The quantitative estimate of drug-likeness (QED) is 0.543. The number of aryl methyl sites for hydroxylation is 2. The number of hydrogen-bond acceptors (Lipinski definition) is 7. The lowest BCUT2D eigenvalue weighted by molar-refractivity contribution is 0.271. The molecule has 1 saturated heterocycles. The van der Waals surface area contributed by atoms with Crippen molar-refractivity contribution in [1.82, 2.24) is 9.88 Å². The largest absolute Gasteiger partial charge is 0.493 e. The monoisotopic (exact) mass is 469 g/mol. The molecule has 1 aliphatic rings. The maximum Gasteiger partial charge on any atom is 0.210 e. The van der Waals surface area contributed by atoms with E-state index in [0.717, 1.165) is 49.2 Å². The van der Waals surface area contributed by atoms with E-state index in [4.69, 9.17) is 9.47 Å². The number of fused-ring (bicyclic) bond motifs is 1. The van der Waals surface area contributed by atoms with Gasteiger partial charge in [-0.05, 0) is 49.7 Å². The maximum atomic E-state index is 13.9. The van der Waals surface area contributed by atoms with Gasteiger partial charge in [0.2, 0.25) is 9.84 Å². The van der Waals surface area contributed by atoms with Crippen LogP contribution in [0.3, 0.4) is 0 Å². The van der Waals surface area contributed by atoms with E-state index in [1.807, 2.05) is 26.0 Å². The molecule has 8 heteroatoms. The van der Waals surface area contributed by atoms with Gasteiger partial charge in [-0.1, -0.05) is 13.0 Å². The summed E-state index contributed by atoms with van der Waals surface area (Å²) in [7, 11) is -0.641. The zero-order chi connectivity index (χ0) is 23.8. The van der Waals surface area contributed by atoms with Crippen molar-refractivity contribution in [2.24, 2.45) is 0 Å². The third-order valence-corrected chi connectivity index (χ3v) is 8.28. The minimum absolute atomic E-state index is 0.218. The predicted molar refractivity (Wildman–Crippen MR) is 131 cm³/mol. The van der Waals surface area contributed by atoms with Crippen molar-refractivity contribution in [2.45, 2.75) is 30.6 Å². The van der Waals surface area contributed by atoms with Gasteiger partial charge in [0, 0.05) is 43.8 Å². The molecule has 0 atom stereocenters. The Morgan fingerprint density at radius 2 is 1.61 bits per heavy atom. The van der Waals surface area contributed by atoms with Crippen molar-refractivity contribution in [1.29, 1.82) is 0 Å². The minimum Gasteiger partial charge on any atom is -0.493 e. The van der Waals surface area contributed by atoms with Gasteiger partial charge in [-0.3, -0.25) is 4.98 Å². The number of sulfone groups is 1. The molecular formula is C25H31N3O4S. The molecule has 0 spiro atoms. The van der Waals surface area contributed by atoms with Crippen LogP contribution >= 0.6 is 0 Å². The number of aromatic nitrogens is 1. The van der Waals surface area contributed by atoms with Crippen LogP contribution in [0.5, 0.6) is 11.5 Å². The van der Waals surface area contributed by atoms with Gasteiger partial charge in [0.05, 0.1) is 30.3 Å². The van der Waals surface area contributed by atoms with E-state index in [0.29, 0.717) is 22.7 Å². The van der Waals surface area contributed by atoms with Gasteiger partial charge >= 0.3 is 0 Å². The summed E-state index contributed by atoms with van der Waals surface area (Å²) in [5, 5.41) is 0.738. The molecule has 0 radical (unpaired) electrons. The van der Waals surface area contributed by atoms with Crippen molar-refractivity contribution in [2.75, 3.05) is 51.8 Å². The number of ether oxygens (including phenoxy) is 2. The Morgan fingerprint density at radius 1 is 0.939 bits per heavy atom. The van der Waals surface area contributed by atoms with Crippen LogP contribution in [0.2, 0.25) is 0 Å². The molecule has 0 N–H and O–H groups in total. The average Bonchev–Trinajstić information content (AvgIpc) is 2.83. The third-order valence-electron chi connectivity index (χ3n) is 6.53. The second kappa shape index (κ2) is 9.19. The number of methoxy groups -OCH3 is 2. The molecular weight excluding hydrogens is 438 g/mol. The second-order valence-electron chi connectivity index (χ2n) is 8.37. The van der Waals surface area contributed by atoms with Crippen LogP contribution in [0, 0.1) is 13.8 Å². The van der Waals surface area contributed by atoms with Crippen LogP contribution in [0.1, 0.15) is 18.1 Å². The van der Waals surface area contributed by atoms with Gasteiger partial charge in [-0.2, -0.15) is 0 Å². The molecule has 1 aromatic heterocycles. The van der Waals surface area contributed by atoms with Crippen LogP contribution in [0.4, 0.5) is 5.69 Å². The van der Waals surface area contributed by atoms with E-state index < -0.39 is 9.84 Å². The Kier molecular flexibility index (Phi) is 6.50. The summed E-state index contributed by atoms with van der Waals surface area (Å²) in [6.07, 6.45) is 1.49. The summed E-state index contributed by atoms with van der Waals surface area (Å²) >= 11 is 0. The van der Waals surface area contributed by atoms with Crippen molar-refractivity contribution in [3.63, 3.8) is 0 Å². The van der Waals surface area contributed by atoms with E-state index in [9.17, 15) is 8.42 Å². The van der Waals surface area contributed by atoms with Crippen LogP contribution in [-0.2, 0) is 9.84 Å². The Hall–Kier alpha value is -2.84. The molecule has 2 heterocycles. The molecule has 0 amide bonds. The minimum atomic E-state index is -3.79. The molecule has 33 heavy (non-hydrogen) atoms. The normalized spacial score (nSPS) is 15.1. The zero-order valence-electron chi connectivity index (χ0n) is 19.9. The Bertz CT molecular complexity index is 1280. The third kappa shape index (κ3) is 4.25. The molecule has 7 nitrogen and oxygen atoms in total. The Morgan fingerprint density at radius 3 is 2.21 bits per heavy atom. The molecule has 3 aromatic rings. The lowest BCUT2D eigenvalue weighted by atomic mass is 10.1. The SMILES string of the molecule is CCN1CCN(c2c(S(=O)(=O)c3ccc(C)c(C)c3)cnc3cc(OC)c(OC)cc23)CC1. The number of hydrogen-bond donors (Lipinski definition) is 0. The van der Waals surface area contributed by atoms with Crippen LogP contribution in [0.15, 0.2) is 46.3 Å². The van der Waals surface area contributed by atoms with Crippen molar-refractivity contribution >= 4 is 26.4 Å². The molecule has 0 bridgehead atoms. The van der Waals surface area contributed by atoms with Crippen LogP contribution < -0.4 is 14.4 Å². The standard InChI is InChI=1S/C25H31N3O4S/c1-6-27-9-11-28(12-10-27)25-20-14-22(31-4)23(32-5)15-21(20)26-16-24(25)33(29,30)19-8-7-17(2)18(3)13-19/h7-8,13-16H,6,9-12H2,1-5H3. The number of likely N-dealkylation sites (N-methyl/N-ethyl adjacent to an activating group) is 1. The number of pyridine rings is 1. The highest BCUT2D eigenvalue weighted by atomic mass is 32.2. The van der Waals surface area contributed by atoms with Crippen molar-refractivity contribution in [3.05, 3.63) is 47.7 Å². The van der Waals surface area contributed by atoms with E-state index in [2.05, 4.69) is 21.7 Å². The number of rotatable bonds is 6. The average molecular weight is 470 g/mol. The van der Waals surface area contributed by atoms with Gasteiger partial charge in [0.15, 0.2) is 11.5 Å². The number of anilines is 1. The molecule has 0 unspecified atom stereocenters. The van der Waals surface area contributed by atoms with E-state index >= 15 is 0 Å². The fourth-order valence-corrected chi connectivity index (χ4v) is 5.82. The zero-order valence-corrected chi connectivity index (χ0v) is 20.7. The second-order valence-corrected chi connectivity index (χ2v) is 10.3. The summed E-state index contributed by atoms with van der Waals surface area (Å²) < 4.78 is 38.7. The number of piperazine rings is 1. The molecule has 1 fully saturated rings. The summed E-state index contributed by atoms with van der Waals surface area (Å²) in [6, 6.07) is 8.90.